The van der Waals surface area contributed by atoms with E-state index < -0.39 is 12.0 Å². The number of amides is 2. The van der Waals surface area contributed by atoms with Crippen LogP contribution in [0.5, 0.6) is 0 Å². The Hall–Kier alpha value is -3.06. The lowest BCUT2D eigenvalue weighted by Crippen LogP contribution is -2.49. The van der Waals surface area contributed by atoms with E-state index in [0.717, 1.165) is 24.2 Å². The average Bonchev–Trinajstić information content (AvgIpc) is 3.20. The molecule has 0 fully saturated rings. The number of urea groups is 1. The first-order valence-corrected chi connectivity index (χ1v) is 10.4. The molecule has 7 heteroatoms. The molecule has 4 rings (SSSR count). The molecule has 2 unspecified atom stereocenters. The third-order valence-corrected chi connectivity index (χ3v) is 5.89. The molecule has 3 heterocycles. The van der Waals surface area contributed by atoms with Gasteiger partial charge in [-0.05, 0) is 38.5 Å². The summed E-state index contributed by atoms with van der Waals surface area (Å²) in [6.45, 7) is 8.40. The smallest absolute Gasteiger partial charge is 0.338 e. The van der Waals surface area contributed by atoms with Crippen molar-refractivity contribution in [3.63, 3.8) is 0 Å². The number of esters is 1. The van der Waals surface area contributed by atoms with Gasteiger partial charge >= 0.3 is 12.0 Å². The second-order valence-corrected chi connectivity index (χ2v) is 7.83. The third kappa shape index (κ3) is 3.85. The Morgan fingerprint density at radius 3 is 2.70 bits per heavy atom. The van der Waals surface area contributed by atoms with Crippen LogP contribution in [0.4, 0.5) is 4.79 Å². The lowest BCUT2D eigenvalue weighted by molar-refractivity contribution is -0.139. The van der Waals surface area contributed by atoms with E-state index in [1.54, 1.807) is 6.92 Å². The van der Waals surface area contributed by atoms with Gasteiger partial charge in [-0.3, -0.25) is 4.90 Å². The van der Waals surface area contributed by atoms with Crippen LogP contribution in [0.3, 0.4) is 0 Å². The van der Waals surface area contributed by atoms with Gasteiger partial charge < -0.3 is 19.9 Å². The number of carbonyl (C=O) groups is 2. The number of hydrogen-bond donors (Lipinski definition) is 2. The molecule has 0 radical (unpaired) electrons. The predicted octanol–water partition coefficient (Wildman–Crippen LogP) is 3.04. The molecule has 2 N–H and O–H groups in total. The molecular formula is C23H28N4O3. The van der Waals surface area contributed by atoms with Gasteiger partial charge in [-0.15, -0.1) is 0 Å². The standard InChI is InChI=1S/C23H28N4O3/c1-4-30-22(28)20-18(14-27-13-12-26-11-5-6-19(26)16(27)3)24-23(29)25-21(20)17-9-7-15(2)8-10-17/h5-11,16,21H,4,12-14H2,1-3H3,(H2,24,25,29). The average molecular weight is 409 g/mol. The van der Waals surface area contributed by atoms with Crippen LogP contribution < -0.4 is 10.6 Å². The normalized spacial score (nSPS) is 21.6. The maximum absolute atomic E-state index is 13.0. The van der Waals surface area contributed by atoms with Crippen LogP contribution >= 0.6 is 0 Å². The van der Waals surface area contributed by atoms with E-state index >= 15 is 0 Å². The van der Waals surface area contributed by atoms with Crippen LogP contribution in [-0.2, 0) is 16.1 Å². The van der Waals surface area contributed by atoms with Gasteiger partial charge in [-0.25, -0.2) is 9.59 Å². The van der Waals surface area contributed by atoms with E-state index in [2.05, 4.69) is 45.4 Å². The lowest BCUT2D eigenvalue weighted by atomic mass is 9.94. The Morgan fingerprint density at radius 2 is 1.97 bits per heavy atom. The van der Waals surface area contributed by atoms with Crippen molar-refractivity contribution in [3.05, 3.63) is 70.7 Å². The van der Waals surface area contributed by atoms with Gasteiger partial charge in [0.1, 0.15) is 0 Å². The number of ether oxygens (including phenoxy) is 1. The van der Waals surface area contributed by atoms with Crippen molar-refractivity contribution in [1.82, 2.24) is 20.1 Å². The van der Waals surface area contributed by atoms with Crippen molar-refractivity contribution in [2.45, 2.75) is 39.4 Å². The SMILES string of the molecule is CCOC(=O)C1=C(CN2CCn3cccc3C2C)NC(=O)NC1c1ccc(C)cc1. The minimum atomic E-state index is -0.544. The fourth-order valence-electron chi connectivity index (χ4n) is 4.25. The molecule has 0 bridgehead atoms. The molecule has 2 amide bonds. The van der Waals surface area contributed by atoms with Gasteiger partial charge in [-0.1, -0.05) is 29.8 Å². The summed E-state index contributed by atoms with van der Waals surface area (Å²) in [6, 6.07) is 11.3. The van der Waals surface area contributed by atoms with E-state index in [0.29, 0.717) is 17.8 Å². The highest BCUT2D eigenvalue weighted by Gasteiger charge is 2.35. The largest absolute Gasteiger partial charge is 0.463 e. The van der Waals surface area contributed by atoms with Crippen LogP contribution in [-0.4, -0.2) is 41.2 Å². The molecule has 2 aliphatic heterocycles. The molecular weight excluding hydrogens is 380 g/mol. The zero-order valence-electron chi connectivity index (χ0n) is 17.6. The van der Waals surface area contributed by atoms with Crippen molar-refractivity contribution in [3.8, 4) is 0 Å². The third-order valence-electron chi connectivity index (χ3n) is 5.89. The number of aromatic nitrogens is 1. The minimum Gasteiger partial charge on any atom is -0.463 e. The maximum atomic E-state index is 13.0. The van der Waals surface area contributed by atoms with Crippen molar-refractivity contribution in [2.75, 3.05) is 19.7 Å². The molecule has 0 aliphatic carbocycles. The summed E-state index contributed by atoms with van der Waals surface area (Å²) >= 11 is 0. The Bertz CT molecular complexity index is 977. The number of nitrogens with zero attached hydrogens (tertiary/aromatic N) is 2. The van der Waals surface area contributed by atoms with Crippen LogP contribution in [0, 0.1) is 6.92 Å². The fourth-order valence-corrected chi connectivity index (χ4v) is 4.25. The highest BCUT2D eigenvalue weighted by Crippen LogP contribution is 2.31. The highest BCUT2D eigenvalue weighted by molar-refractivity contribution is 5.95. The van der Waals surface area contributed by atoms with Gasteiger partial charge in [0.25, 0.3) is 0 Å². The number of carbonyl (C=O) groups excluding carboxylic acids is 2. The summed E-state index contributed by atoms with van der Waals surface area (Å²) in [5.74, 6) is -0.404. The van der Waals surface area contributed by atoms with Gasteiger partial charge in [0.05, 0.1) is 18.2 Å². The summed E-state index contributed by atoms with van der Waals surface area (Å²) in [5.41, 5.74) is 4.28. The first-order chi connectivity index (χ1) is 14.5. The monoisotopic (exact) mass is 408 g/mol. The van der Waals surface area contributed by atoms with Crippen LogP contribution in [0.1, 0.15) is 42.8 Å². The quantitative estimate of drug-likeness (QED) is 0.746. The van der Waals surface area contributed by atoms with E-state index in [-0.39, 0.29) is 18.7 Å². The van der Waals surface area contributed by atoms with Crippen LogP contribution in [0.2, 0.25) is 0 Å². The molecule has 30 heavy (non-hydrogen) atoms. The van der Waals surface area contributed by atoms with E-state index in [9.17, 15) is 9.59 Å². The number of aryl methyl sites for hydroxylation is 1. The van der Waals surface area contributed by atoms with E-state index in [1.165, 1.54) is 5.69 Å². The number of nitrogens with one attached hydrogen (secondary N) is 2. The maximum Gasteiger partial charge on any atom is 0.338 e. The number of fused-ring (bicyclic) bond motifs is 1. The Balaban J connectivity index is 1.70. The molecule has 0 saturated heterocycles. The summed E-state index contributed by atoms with van der Waals surface area (Å²) in [5, 5.41) is 5.78. The first kappa shape index (κ1) is 20.2. The summed E-state index contributed by atoms with van der Waals surface area (Å²) in [4.78, 5) is 27.7. The first-order valence-electron chi connectivity index (χ1n) is 10.4. The Labute approximate surface area is 176 Å². The highest BCUT2D eigenvalue weighted by atomic mass is 16.5. The van der Waals surface area contributed by atoms with Gasteiger partial charge in [0.2, 0.25) is 0 Å². The molecule has 158 valence electrons. The Kier molecular flexibility index (Phi) is 5.63. The van der Waals surface area contributed by atoms with Gasteiger partial charge in [0, 0.05) is 43.3 Å². The topological polar surface area (TPSA) is 75.6 Å². The van der Waals surface area contributed by atoms with E-state index in [4.69, 9.17) is 4.74 Å². The molecule has 7 nitrogen and oxygen atoms in total. The van der Waals surface area contributed by atoms with Crippen molar-refractivity contribution in [2.24, 2.45) is 0 Å². The molecule has 2 aromatic rings. The van der Waals surface area contributed by atoms with Crippen molar-refractivity contribution < 1.29 is 14.3 Å². The minimum absolute atomic E-state index is 0.175. The zero-order valence-corrected chi connectivity index (χ0v) is 17.6. The summed E-state index contributed by atoms with van der Waals surface area (Å²) < 4.78 is 7.62. The van der Waals surface area contributed by atoms with Crippen molar-refractivity contribution in [1.29, 1.82) is 0 Å². The van der Waals surface area contributed by atoms with Crippen LogP contribution in [0.15, 0.2) is 53.9 Å². The van der Waals surface area contributed by atoms with Gasteiger partial charge in [0.15, 0.2) is 0 Å². The second-order valence-electron chi connectivity index (χ2n) is 7.83. The second kappa shape index (κ2) is 8.36. The summed E-state index contributed by atoms with van der Waals surface area (Å²) in [6.07, 6.45) is 2.09. The molecule has 0 spiro atoms. The number of hydrogen-bond acceptors (Lipinski definition) is 4. The molecule has 2 atom stereocenters. The zero-order chi connectivity index (χ0) is 21.3. The molecule has 1 aromatic carbocycles. The number of benzene rings is 1. The number of rotatable bonds is 5. The van der Waals surface area contributed by atoms with Gasteiger partial charge in [-0.2, -0.15) is 0 Å². The van der Waals surface area contributed by atoms with Crippen molar-refractivity contribution >= 4 is 12.0 Å². The fraction of sp³-hybridized carbons (Fsp3) is 0.391. The summed E-state index contributed by atoms with van der Waals surface area (Å²) in [7, 11) is 0. The molecule has 1 aromatic heterocycles. The molecule has 2 aliphatic rings. The van der Waals surface area contributed by atoms with E-state index in [1.807, 2.05) is 31.2 Å². The van der Waals surface area contributed by atoms with Crippen LogP contribution in [0.25, 0.3) is 0 Å². The Morgan fingerprint density at radius 1 is 1.20 bits per heavy atom. The molecule has 0 saturated carbocycles. The predicted molar refractivity (Wildman–Crippen MR) is 114 cm³/mol. The lowest BCUT2D eigenvalue weighted by Gasteiger charge is -2.37.